The number of fused-ring (bicyclic) bond motifs is 1. The van der Waals surface area contributed by atoms with Gasteiger partial charge < -0.3 is 9.64 Å². The molecule has 2 aromatic carbocycles. The van der Waals surface area contributed by atoms with Gasteiger partial charge in [-0.2, -0.15) is 5.10 Å². The van der Waals surface area contributed by atoms with Crippen LogP contribution >= 0.6 is 0 Å². The summed E-state index contributed by atoms with van der Waals surface area (Å²) in [5.74, 6) is 1.91. The molecule has 1 aliphatic heterocycles. The average Bonchev–Trinajstić information content (AvgIpc) is 3.34. The molecule has 2 aromatic heterocycles. The van der Waals surface area contributed by atoms with Crippen LogP contribution in [0.1, 0.15) is 5.56 Å². The highest BCUT2D eigenvalue weighted by atomic mass is 16.5. The van der Waals surface area contributed by atoms with Gasteiger partial charge in [0.2, 0.25) is 0 Å². The number of aromatic nitrogens is 4. The number of benzene rings is 2. The first-order chi connectivity index (χ1) is 14.8. The quantitative estimate of drug-likeness (QED) is 0.554. The highest BCUT2D eigenvalue weighted by Crippen LogP contribution is 2.29. The third-order valence-corrected chi connectivity index (χ3v) is 5.68. The Balaban J connectivity index is 1.32. The van der Waals surface area contributed by atoms with Gasteiger partial charge in [-0.15, -0.1) is 0 Å². The van der Waals surface area contributed by atoms with Crippen molar-refractivity contribution >= 4 is 16.7 Å². The third kappa shape index (κ3) is 3.71. The lowest BCUT2D eigenvalue weighted by atomic mass is 10.1. The standard InChI is InChI=1S/C23H24N6O/c1-30-20-5-2-17(3-6-20)15-28-8-10-29(11-9-28)23-21-12-18(19-13-26-27-14-19)4-7-22(21)24-16-25-23/h2-7,12-14,16H,8-11,15H2,1H3,(H,26,27). The van der Waals surface area contributed by atoms with E-state index in [1.165, 1.54) is 5.56 Å². The fraction of sp³-hybridized carbons (Fsp3) is 0.261. The molecule has 7 nitrogen and oxygen atoms in total. The summed E-state index contributed by atoms with van der Waals surface area (Å²) in [6.07, 6.45) is 5.41. The Morgan fingerprint density at radius 3 is 2.53 bits per heavy atom. The molecule has 1 fully saturated rings. The van der Waals surface area contributed by atoms with Crippen molar-refractivity contribution < 1.29 is 4.74 Å². The van der Waals surface area contributed by atoms with Crippen molar-refractivity contribution in [3.8, 4) is 16.9 Å². The highest BCUT2D eigenvalue weighted by Gasteiger charge is 2.20. The number of piperazine rings is 1. The fourth-order valence-electron chi connectivity index (χ4n) is 3.99. The van der Waals surface area contributed by atoms with Gasteiger partial charge in [0.1, 0.15) is 17.9 Å². The summed E-state index contributed by atoms with van der Waals surface area (Å²) in [6.45, 7) is 4.83. The summed E-state index contributed by atoms with van der Waals surface area (Å²) in [7, 11) is 1.70. The van der Waals surface area contributed by atoms with Crippen molar-refractivity contribution in [1.29, 1.82) is 0 Å². The molecule has 0 aliphatic carbocycles. The molecule has 0 spiro atoms. The van der Waals surface area contributed by atoms with Gasteiger partial charge in [-0.05, 0) is 35.4 Å². The molecule has 7 heteroatoms. The number of hydrogen-bond donors (Lipinski definition) is 1. The van der Waals surface area contributed by atoms with Gasteiger partial charge >= 0.3 is 0 Å². The highest BCUT2D eigenvalue weighted by molar-refractivity contribution is 5.92. The molecule has 1 saturated heterocycles. The first-order valence-corrected chi connectivity index (χ1v) is 10.1. The van der Waals surface area contributed by atoms with Crippen molar-refractivity contribution in [1.82, 2.24) is 25.1 Å². The number of nitrogens with zero attached hydrogens (tertiary/aromatic N) is 5. The maximum Gasteiger partial charge on any atom is 0.139 e. The number of anilines is 1. The maximum absolute atomic E-state index is 5.25. The molecule has 4 aromatic rings. The molecule has 152 valence electrons. The number of aromatic amines is 1. The number of nitrogens with one attached hydrogen (secondary N) is 1. The second-order valence-corrected chi connectivity index (χ2v) is 7.53. The van der Waals surface area contributed by atoms with Gasteiger partial charge in [0.25, 0.3) is 0 Å². The Morgan fingerprint density at radius 1 is 0.967 bits per heavy atom. The van der Waals surface area contributed by atoms with Gasteiger partial charge in [0.05, 0.1) is 18.8 Å². The zero-order valence-electron chi connectivity index (χ0n) is 17.0. The van der Waals surface area contributed by atoms with Crippen LogP contribution < -0.4 is 9.64 Å². The zero-order valence-corrected chi connectivity index (χ0v) is 17.0. The molecular weight excluding hydrogens is 376 g/mol. The van der Waals surface area contributed by atoms with Gasteiger partial charge in [-0.1, -0.05) is 18.2 Å². The molecule has 0 bridgehead atoms. The molecule has 0 amide bonds. The summed E-state index contributed by atoms with van der Waals surface area (Å²) in [6, 6.07) is 14.6. The predicted molar refractivity (Wildman–Crippen MR) is 118 cm³/mol. The van der Waals surface area contributed by atoms with Crippen molar-refractivity contribution in [3.05, 3.63) is 66.7 Å². The third-order valence-electron chi connectivity index (χ3n) is 5.68. The van der Waals surface area contributed by atoms with E-state index in [0.717, 1.165) is 66.3 Å². The number of hydrogen-bond acceptors (Lipinski definition) is 6. The molecule has 0 radical (unpaired) electrons. The summed E-state index contributed by atoms with van der Waals surface area (Å²) in [4.78, 5) is 14.0. The lowest BCUT2D eigenvalue weighted by Crippen LogP contribution is -2.46. The molecule has 0 atom stereocenters. The van der Waals surface area contributed by atoms with Crippen LogP contribution in [-0.4, -0.2) is 58.4 Å². The van der Waals surface area contributed by atoms with Crippen LogP contribution in [0.2, 0.25) is 0 Å². The normalized spacial score (nSPS) is 14.9. The largest absolute Gasteiger partial charge is 0.497 e. The average molecular weight is 400 g/mol. The predicted octanol–water partition coefficient (Wildman–Crippen LogP) is 3.35. The van der Waals surface area contributed by atoms with Gasteiger partial charge in [0, 0.05) is 49.9 Å². The first kappa shape index (κ1) is 18.6. The smallest absolute Gasteiger partial charge is 0.139 e. The number of ether oxygens (including phenoxy) is 1. The van der Waals surface area contributed by atoms with E-state index in [-0.39, 0.29) is 0 Å². The van der Waals surface area contributed by atoms with Crippen molar-refractivity contribution in [2.45, 2.75) is 6.54 Å². The fourth-order valence-corrected chi connectivity index (χ4v) is 3.99. The van der Waals surface area contributed by atoms with Crippen LogP contribution in [0, 0.1) is 0 Å². The summed E-state index contributed by atoms with van der Waals surface area (Å²) >= 11 is 0. The van der Waals surface area contributed by atoms with Crippen molar-refractivity contribution in [2.75, 3.05) is 38.2 Å². The molecule has 3 heterocycles. The van der Waals surface area contributed by atoms with E-state index in [9.17, 15) is 0 Å². The monoisotopic (exact) mass is 400 g/mol. The Bertz CT molecular complexity index is 1120. The van der Waals surface area contributed by atoms with E-state index >= 15 is 0 Å². The summed E-state index contributed by atoms with van der Waals surface area (Å²) in [5.41, 5.74) is 4.45. The van der Waals surface area contributed by atoms with Crippen LogP contribution in [0.3, 0.4) is 0 Å². The number of H-pyrrole nitrogens is 1. The molecule has 0 saturated carbocycles. The topological polar surface area (TPSA) is 70.2 Å². The SMILES string of the molecule is COc1ccc(CN2CCN(c3ncnc4ccc(-c5cn[nH]c5)cc34)CC2)cc1. The van der Waals surface area contributed by atoms with Gasteiger partial charge in [-0.25, -0.2) is 9.97 Å². The Hall–Kier alpha value is -3.45. The number of rotatable bonds is 5. The summed E-state index contributed by atoms with van der Waals surface area (Å²) in [5, 5.41) is 8.03. The van der Waals surface area contributed by atoms with E-state index in [1.807, 2.05) is 24.5 Å². The van der Waals surface area contributed by atoms with Crippen LogP contribution in [0.5, 0.6) is 5.75 Å². The van der Waals surface area contributed by atoms with Crippen LogP contribution in [0.25, 0.3) is 22.0 Å². The second-order valence-electron chi connectivity index (χ2n) is 7.53. The van der Waals surface area contributed by atoms with E-state index in [1.54, 1.807) is 13.4 Å². The Kier molecular flexibility index (Phi) is 5.03. The molecule has 1 aliphatic rings. The molecule has 0 unspecified atom stereocenters. The molecule has 5 rings (SSSR count). The van der Waals surface area contributed by atoms with E-state index in [0.29, 0.717) is 0 Å². The Morgan fingerprint density at radius 2 is 1.80 bits per heavy atom. The lowest BCUT2D eigenvalue weighted by molar-refractivity contribution is 0.249. The second kappa shape index (κ2) is 8.12. The van der Waals surface area contributed by atoms with Crippen molar-refractivity contribution in [2.24, 2.45) is 0 Å². The van der Waals surface area contributed by atoms with Crippen molar-refractivity contribution in [3.63, 3.8) is 0 Å². The van der Waals surface area contributed by atoms with E-state index < -0.39 is 0 Å². The molecular formula is C23H24N6O. The first-order valence-electron chi connectivity index (χ1n) is 10.1. The summed E-state index contributed by atoms with van der Waals surface area (Å²) < 4.78 is 5.25. The minimum absolute atomic E-state index is 0.897. The van der Waals surface area contributed by atoms with Crippen LogP contribution in [-0.2, 0) is 6.54 Å². The van der Waals surface area contributed by atoms with E-state index in [2.05, 4.69) is 60.3 Å². The molecule has 30 heavy (non-hydrogen) atoms. The van der Waals surface area contributed by atoms with Crippen LogP contribution in [0.15, 0.2) is 61.2 Å². The number of methoxy groups -OCH3 is 1. The van der Waals surface area contributed by atoms with E-state index in [4.69, 9.17) is 4.74 Å². The minimum Gasteiger partial charge on any atom is -0.497 e. The maximum atomic E-state index is 5.25. The molecule has 1 N–H and O–H groups in total. The van der Waals surface area contributed by atoms with Crippen LogP contribution in [0.4, 0.5) is 5.82 Å². The minimum atomic E-state index is 0.897. The Labute approximate surface area is 175 Å². The zero-order chi connectivity index (χ0) is 20.3. The lowest BCUT2D eigenvalue weighted by Gasteiger charge is -2.35. The van der Waals surface area contributed by atoms with Gasteiger partial charge in [-0.3, -0.25) is 10.00 Å². The van der Waals surface area contributed by atoms with Gasteiger partial charge in [0.15, 0.2) is 0 Å².